The topological polar surface area (TPSA) is 60.4 Å². The molecule has 4 heteroatoms. The highest BCUT2D eigenvalue weighted by Gasteiger charge is 2.13. The number of hydrogen-bond donors (Lipinski definition) is 1. The fourth-order valence-corrected chi connectivity index (χ4v) is 2.04. The highest BCUT2D eigenvalue weighted by atomic mass is 16.3. The molecule has 2 aromatic rings. The van der Waals surface area contributed by atoms with Gasteiger partial charge in [0.05, 0.1) is 30.3 Å². The van der Waals surface area contributed by atoms with Gasteiger partial charge in [0.25, 0.3) is 0 Å². The zero-order chi connectivity index (χ0) is 13.8. The van der Waals surface area contributed by atoms with Crippen molar-refractivity contribution in [2.45, 2.75) is 19.6 Å². The van der Waals surface area contributed by atoms with E-state index in [4.69, 9.17) is 9.68 Å². The molecule has 1 atom stereocenters. The van der Waals surface area contributed by atoms with Crippen LogP contribution in [0.25, 0.3) is 0 Å². The van der Waals surface area contributed by atoms with Crippen LogP contribution in [-0.4, -0.2) is 12.2 Å². The molecule has 1 aromatic heterocycles. The lowest BCUT2D eigenvalue weighted by atomic mass is 10.0. The maximum absolute atomic E-state index is 9.82. The zero-order valence-corrected chi connectivity index (χ0v) is 11.0. The molecule has 98 valence electrons. The van der Waals surface area contributed by atoms with Crippen molar-refractivity contribution in [3.8, 4) is 6.07 Å². The van der Waals surface area contributed by atoms with Crippen molar-refractivity contribution in [1.29, 1.82) is 5.26 Å². The predicted molar refractivity (Wildman–Crippen MR) is 72.6 cm³/mol. The largest absolute Gasteiger partial charge is 0.472 e. The molecule has 0 spiro atoms. The van der Waals surface area contributed by atoms with Crippen LogP contribution in [0.5, 0.6) is 0 Å². The Labute approximate surface area is 112 Å². The van der Waals surface area contributed by atoms with Crippen molar-refractivity contribution in [3.63, 3.8) is 0 Å². The van der Waals surface area contributed by atoms with E-state index in [9.17, 15) is 5.11 Å². The Balaban J connectivity index is 2.33. The molecule has 0 aliphatic heterocycles. The number of benzene rings is 1. The summed E-state index contributed by atoms with van der Waals surface area (Å²) in [4.78, 5) is 1.99. The quantitative estimate of drug-likeness (QED) is 0.913. The standard InChI is InChI=1S/C15H16N2O2/c1-11(18)14-4-3-12(8-16)7-15(14)17(2)9-13-5-6-19-10-13/h3-7,10-11,18H,9H2,1-2H3. The van der Waals surface area contributed by atoms with E-state index in [2.05, 4.69) is 6.07 Å². The SMILES string of the molecule is CC(O)c1ccc(C#N)cc1N(C)Cc1ccoc1. The fourth-order valence-electron chi connectivity index (χ4n) is 2.04. The van der Waals surface area contributed by atoms with Crippen molar-refractivity contribution in [1.82, 2.24) is 0 Å². The van der Waals surface area contributed by atoms with Crippen molar-refractivity contribution in [3.05, 3.63) is 53.5 Å². The van der Waals surface area contributed by atoms with Gasteiger partial charge in [-0.1, -0.05) is 6.07 Å². The number of furan rings is 1. The molecule has 1 aromatic carbocycles. The van der Waals surface area contributed by atoms with E-state index >= 15 is 0 Å². The van der Waals surface area contributed by atoms with Crippen molar-refractivity contribution in [2.75, 3.05) is 11.9 Å². The number of rotatable bonds is 4. The van der Waals surface area contributed by atoms with E-state index in [1.165, 1.54) is 0 Å². The number of anilines is 1. The molecule has 4 nitrogen and oxygen atoms in total. The third kappa shape index (κ3) is 2.95. The van der Waals surface area contributed by atoms with Gasteiger partial charge < -0.3 is 14.4 Å². The highest BCUT2D eigenvalue weighted by Crippen LogP contribution is 2.28. The summed E-state index contributed by atoms with van der Waals surface area (Å²) in [6.07, 6.45) is 2.74. The van der Waals surface area contributed by atoms with Gasteiger partial charge in [-0.15, -0.1) is 0 Å². The van der Waals surface area contributed by atoms with Gasteiger partial charge in [-0.25, -0.2) is 0 Å². The van der Waals surface area contributed by atoms with E-state index in [0.717, 1.165) is 16.8 Å². The Hall–Kier alpha value is -2.25. The number of aliphatic hydroxyl groups excluding tert-OH is 1. The summed E-state index contributed by atoms with van der Waals surface area (Å²) in [5.74, 6) is 0. The number of hydrogen-bond acceptors (Lipinski definition) is 4. The summed E-state index contributed by atoms with van der Waals surface area (Å²) in [6.45, 7) is 2.38. The highest BCUT2D eigenvalue weighted by molar-refractivity contribution is 5.58. The number of nitrogens with zero attached hydrogens (tertiary/aromatic N) is 2. The van der Waals surface area contributed by atoms with E-state index in [-0.39, 0.29) is 0 Å². The zero-order valence-electron chi connectivity index (χ0n) is 11.0. The molecule has 2 rings (SSSR count). The maximum Gasteiger partial charge on any atom is 0.0992 e. The maximum atomic E-state index is 9.82. The second-order valence-electron chi connectivity index (χ2n) is 4.55. The van der Waals surface area contributed by atoms with Crippen LogP contribution in [0.4, 0.5) is 5.69 Å². The summed E-state index contributed by atoms with van der Waals surface area (Å²) in [5.41, 5.74) is 3.29. The average molecular weight is 256 g/mol. The molecule has 0 aliphatic rings. The molecule has 0 radical (unpaired) electrons. The summed E-state index contributed by atoms with van der Waals surface area (Å²) in [6, 6.07) is 9.33. The van der Waals surface area contributed by atoms with Gasteiger partial charge in [0.15, 0.2) is 0 Å². The Morgan fingerprint density at radius 1 is 1.42 bits per heavy atom. The van der Waals surface area contributed by atoms with Crippen LogP contribution in [0.15, 0.2) is 41.2 Å². The van der Waals surface area contributed by atoms with Crippen LogP contribution in [0.1, 0.15) is 29.7 Å². The summed E-state index contributed by atoms with van der Waals surface area (Å²) >= 11 is 0. The van der Waals surface area contributed by atoms with Gasteiger partial charge in [0.2, 0.25) is 0 Å². The van der Waals surface area contributed by atoms with Crippen LogP contribution in [0, 0.1) is 11.3 Å². The molecule has 19 heavy (non-hydrogen) atoms. The Kier molecular flexibility index (Phi) is 3.88. The van der Waals surface area contributed by atoms with E-state index in [1.54, 1.807) is 37.6 Å². The molecule has 0 saturated carbocycles. The van der Waals surface area contributed by atoms with Gasteiger partial charge in [-0.05, 0) is 25.1 Å². The van der Waals surface area contributed by atoms with Crippen molar-refractivity contribution in [2.24, 2.45) is 0 Å². The van der Waals surface area contributed by atoms with E-state index in [0.29, 0.717) is 12.1 Å². The fraction of sp³-hybridized carbons (Fsp3) is 0.267. The van der Waals surface area contributed by atoms with Gasteiger partial charge in [0, 0.05) is 30.4 Å². The minimum atomic E-state index is -0.574. The lowest BCUT2D eigenvalue weighted by Crippen LogP contribution is -2.18. The van der Waals surface area contributed by atoms with Crippen LogP contribution in [0.2, 0.25) is 0 Å². The monoisotopic (exact) mass is 256 g/mol. The summed E-state index contributed by atoms with van der Waals surface area (Å²) in [5, 5.41) is 18.8. The Bertz CT molecular complexity index is 583. The normalized spacial score (nSPS) is 11.9. The molecule has 0 fully saturated rings. The van der Waals surface area contributed by atoms with Crippen LogP contribution in [-0.2, 0) is 6.54 Å². The molecule has 0 amide bonds. The first-order chi connectivity index (χ1) is 9.11. The van der Waals surface area contributed by atoms with Gasteiger partial charge in [0.1, 0.15) is 0 Å². The molecule has 0 bridgehead atoms. The van der Waals surface area contributed by atoms with Crippen LogP contribution >= 0.6 is 0 Å². The van der Waals surface area contributed by atoms with Crippen LogP contribution < -0.4 is 4.90 Å². The molecule has 0 saturated heterocycles. The van der Waals surface area contributed by atoms with Gasteiger partial charge >= 0.3 is 0 Å². The first kappa shape index (κ1) is 13.2. The molecular formula is C15H16N2O2. The molecule has 1 heterocycles. The van der Waals surface area contributed by atoms with Gasteiger partial charge in [-0.3, -0.25) is 0 Å². The minimum Gasteiger partial charge on any atom is -0.472 e. The number of nitriles is 1. The molecule has 1 N–H and O–H groups in total. The summed E-state index contributed by atoms with van der Waals surface area (Å²) in [7, 11) is 1.93. The molecular weight excluding hydrogens is 240 g/mol. The van der Waals surface area contributed by atoms with E-state index < -0.39 is 6.10 Å². The lowest BCUT2D eigenvalue weighted by Gasteiger charge is -2.23. The third-order valence-electron chi connectivity index (χ3n) is 3.02. The number of aliphatic hydroxyl groups is 1. The van der Waals surface area contributed by atoms with Crippen molar-refractivity contribution >= 4 is 5.69 Å². The van der Waals surface area contributed by atoms with Gasteiger partial charge in [-0.2, -0.15) is 5.26 Å². The summed E-state index contributed by atoms with van der Waals surface area (Å²) < 4.78 is 5.05. The van der Waals surface area contributed by atoms with Crippen LogP contribution in [0.3, 0.4) is 0 Å². The Morgan fingerprint density at radius 3 is 2.79 bits per heavy atom. The first-order valence-corrected chi connectivity index (χ1v) is 6.06. The Morgan fingerprint density at radius 2 is 2.21 bits per heavy atom. The second-order valence-corrected chi connectivity index (χ2v) is 4.55. The lowest BCUT2D eigenvalue weighted by molar-refractivity contribution is 0.199. The van der Waals surface area contributed by atoms with E-state index in [1.807, 2.05) is 18.0 Å². The third-order valence-corrected chi connectivity index (χ3v) is 3.02. The minimum absolute atomic E-state index is 0.574. The predicted octanol–water partition coefficient (Wildman–Crippen LogP) is 2.84. The average Bonchev–Trinajstić information content (AvgIpc) is 2.90. The van der Waals surface area contributed by atoms with Crippen molar-refractivity contribution < 1.29 is 9.52 Å². The first-order valence-electron chi connectivity index (χ1n) is 6.06. The second kappa shape index (κ2) is 5.59. The molecule has 1 unspecified atom stereocenters. The molecule has 0 aliphatic carbocycles. The smallest absolute Gasteiger partial charge is 0.0992 e.